The third-order valence-corrected chi connectivity index (χ3v) is 5.55. The minimum absolute atomic E-state index is 0.00130. The summed E-state index contributed by atoms with van der Waals surface area (Å²) in [5, 5.41) is 10.2. The van der Waals surface area contributed by atoms with Gasteiger partial charge >= 0.3 is 5.97 Å². The Labute approximate surface area is 124 Å². The number of esters is 1. The molecule has 1 N–H and O–H groups in total. The first-order valence-electron chi connectivity index (χ1n) is 7.54. The van der Waals surface area contributed by atoms with Crippen LogP contribution in [0, 0.1) is 29.5 Å². The van der Waals surface area contributed by atoms with Gasteiger partial charge in [-0.2, -0.15) is 0 Å². The fourth-order valence-corrected chi connectivity index (χ4v) is 4.45. The molecule has 1 aromatic rings. The zero-order valence-electron chi connectivity index (χ0n) is 12.3. The summed E-state index contributed by atoms with van der Waals surface area (Å²) in [6, 6.07) is 6.36. The number of aliphatic hydroxyl groups is 1. The van der Waals surface area contributed by atoms with Crippen molar-refractivity contribution in [3.63, 3.8) is 0 Å². The van der Waals surface area contributed by atoms with Crippen molar-refractivity contribution >= 4 is 5.97 Å². The molecule has 4 heteroatoms. The average Bonchev–Trinajstić information content (AvgIpc) is 2.66. The second kappa shape index (κ2) is 5.41. The van der Waals surface area contributed by atoms with Gasteiger partial charge in [0, 0.05) is 0 Å². The lowest BCUT2D eigenvalue weighted by Gasteiger charge is -2.39. The molecule has 0 spiro atoms. The van der Waals surface area contributed by atoms with Gasteiger partial charge in [0.25, 0.3) is 0 Å². The van der Waals surface area contributed by atoms with Gasteiger partial charge < -0.3 is 9.84 Å². The molecular formula is C17H21FO3. The smallest absolute Gasteiger partial charge is 0.309 e. The summed E-state index contributed by atoms with van der Waals surface area (Å²) in [6.07, 6.45) is 1.07. The van der Waals surface area contributed by atoms with Gasteiger partial charge in [0.05, 0.1) is 19.1 Å². The number of hydrogen-bond acceptors (Lipinski definition) is 3. The SMILES string of the molecule is COC(=O)[C@H]1[C@@H](c2ccc(F)cc2)C[C@H]2C(C)[C@@H]1C[C@@H]2O. The Hall–Kier alpha value is -1.42. The van der Waals surface area contributed by atoms with Crippen LogP contribution in [0.3, 0.4) is 0 Å². The summed E-state index contributed by atoms with van der Waals surface area (Å²) in [7, 11) is 1.41. The van der Waals surface area contributed by atoms with Crippen LogP contribution in [0.1, 0.15) is 31.2 Å². The average molecular weight is 292 g/mol. The predicted molar refractivity (Wildman–Crippen MR) is 76.0 cm³/mol. The van der Waals surface area contributed by atoms with Crippen molar-refractivity contribution in [2.45, 2.75) is 31.8 Å². The molecule has 2 aliphatic rings. The molecule has 21 heavy (non-hydrogen) atoms. The quantitative estimate of drug-likeness (QED) is 0.853. The minimum atomic E-state index is -0.345. The van der Waals surface area contributed by atoms with Gasteiger partial charge in [-0.3, -0.25) is 4.79 Å². The second-order valence-corrected chi connectivity index (χ2v) is 6.43. The van der Waals surface area contributed by atoms with E-state index >= 15 is 0 Å². The van der Waals surface area contributed by atoms with E-state index in [2.05, 4.69) is 6.92 Å². The van der Waals surface area contributed by atoms with Crippen LogP contribution in [0.5, 0.6) is 0 Å². The second-order valence-electron chi connectivity index (χ2n) is 6.43. The molecule has 2 aliphatic carbocycles. The zero-order chi connectivity index (χ0) is 15.1. The molecule has 1 unspecified atom stereocenters. The normalized spacial score (nSPS) is 38.3. The van der Waals surface area contributed by atoms with Crippen LogP contribution in [-0.4, -0.2) is 24.3 Å². The van der Waals surface area contributed by atoms with Crippen molar-refractivity contribution in [1.82, 2.24) is 0 Å². The monoisotopic (exact) mass is 292 g/mol. The molecule has 3 nitrogen and oxygen atoms in total. The van der Waals surface area contributed by atoms with Crippen LogP contribution in [0.25, 0.3) is 0 Å². The maximum Gasteiger partial charge on any atom is 0.309 e. The number of hydrogen-bond donors (Lipinski definition) is 1. The van der Waals surface area contributed by atoms with E-state index in [4.69, 9.17) is 4.74 Å². The molecule has 6 atom stereocenters. The Morgan fingerprint density at radius 2 is 1.90 bits per heavy atom. The van der Waals surface area contributed by atoms with Gasteiger partial charge in [0.1, 0.15) is 5.82 Å². The van der Waals surface area contributed by atoms with E-state index in [0.717, 1.165) is 12.0 Å². The molecule has 0 aliphatic heterocycles. The molecule has 0 heterocycles. The number of methoxy groups -OCH3 is 1. The Balaban J connectivity index is 1.97. The minimum Gasteiger partial charge on any atom is -0.469 e. The summed E-state index contributed by atoms with van der Waals surface area (Å²) < 4.78 is 18.1. The highest BCUT2D eigenvalue weighted by atomic mass is 19.1. The lowest BCUT2D eigenvalue weighted by atomic mass is 9.65. The van der Waals surface area contributed by atoms with Crippen LogP contribution < -0.4 is 0 Å². The number of carbonyl (C=O) groups excluding carboxylic acids is 1. The Kier molecular flexibility index (Phi) is 3.74. The summed E-state index contributed by atoms with van der Waals surface area (Å²) in [5.74, 6) is -0.0625. The zero-order valence-corrected chi connectivity index (χ0v) is 12.3. The molecule has 0 radical (unpaired) electrons. The van der Waals surface area contributed by atoms with E-state index in [0.29, 0.717) is 12.3 Å². The highest BCUT2D eigenvalue weighted by molar-refractivity contribution is 5.74. The molecule has 1 aromatic carbocycles. The van der Waals surface area contributed by atoms with Crippen molar-refractivity contribution in [1.29, 1.82) is 0 Å². The molecule has 3 rings (SSSR count). The molecular weight excluding hydrogens is 271 g/mol. The first-order valence-corrected chi connectivity index (χ1v) is 7.54. The van der Waals surface area contributed by atoms with Crippen LogP contribution in [-0.2, 0) is 9.53 Å². The molecule has 0 amide bonds. The van der Waals surface area contributed by atoms with E-state index in [9.17, 15) is 14.3 Å². The summed E-state index contributed by atoms with van der Waals surface area (Å²) in [6.45, 7) is 2.11. The molecule has 0 aromatic heterocycles. The number of ether oxygens (including phenoxy) is 1. The lowest BCUT2D eigenvalue weighted by Crippen LogP contribution is -2.38. The maximum atomic E-state index is 13.1. The Morgan fingerprint density at radius 1 is 1.24 bits per heavy atom. The van der Waals surface area contributed by atoms with Gasteiger partial charge in [-0.05, 0) is 54.2 Å². The predicted octanol–water partition coefficient (Wildman–Crippen LogP) is 2.74. The lowest BCUT2D eigenvalue weighted by molar-refractivity contribution is -0.150. The molecule has 2 bridgehead atoms. The largest absolute Gasteiger partial charge is 0.469 e. The molecule has 2 saturated carbocycles. The van der Waals surface area contributed by atoms with Crippen LogP contribution in [0.2, 0.25) is 0 Å². The first kappa shape index (κ1) is 14.5. The van der Waals surface area contributed by atoms with Crippen molar-refractivity contribution in [2.24, 2.45) is 23.7 Å². The van der Waals surface area contributed by atoms with Crippen molar-refractivity contribution in [3.8, 4) is 0 Å². The fraction of sp³-hybridized carbons (Fsp3) is 0.588. The third kappa shape index (κ3) is 2.35. The number of aliphatic hydroxyl groups excluding tert-OH is 1. The van der Waals surface area contributed by atoms with Crippen LogP contribution in [0.15, 0.2) is 24.3 Å². The number of benzene rings is 1. The Morgan fingerprint density at radius 3 is 2.52 bits per heavy atom. The summed E-state index contributed by atoms with van der Waals surface area (Å²) in [5.41, 5.74) is 0.961. The third-order valence-electron chi connectivity index (χ3n) is 5.55. The standard InChI is InChI=1S/C17H21FO3/c1-9-12-7-14(10-3-5-11(18)6-4-10)16(17(20)21-2)13(9)8-15(12)19/h3-6,9,12-16,19H,7-8H2,1-2H3/t9?,12-,13-,14+,15-,16+/m0/s1. The van der Waals surface area contributed by atoms with Crippen molar-refractivity contribution in [3.05, 3.63) is 35.6 Å². The van der Waals surface area contributed by atoms with Crippen LogP contribution in [0.4, 0.5) is 4.39 Å². The van der Waals surface area contributed by atoms with Gasteiger partial charge in [0.2, 0.25) is 0 Å². The van der Waals surface area contributed by atoms with Gasteiger partial charge in [-0.25, -0.2) is 4.39 Å². The topological polar surface area (TPSA) is 46.5 Å². The van der Waals surface area contributed by atoms with Gasteiger partial charge in [-0.1, -0.05) is 19.1 Å². The van der Waals surface area contributed by atoms with E-state index in [1.807, 2.05) is 0 Å². The van der Waals surface area contributed by atoms with Crippen molar-refractivity contribution in [2.75, 3.05) is 7.11 Å². The molecule has 114 valence electrons. The van der Waals surface area contributed by atoms with Gasteiger partial charge in [0.15, 0.2) is 0 Å². The summed E-state index contributed by atoms with van der Waals surface area (Å²) >= 11 is 0. The number of rotatable bonds is 2. The number of halogens is 1. The van der Waals surface area contributed by atoms with Crippen LogP contribution >= 0.6 is 0 Å². The van der Waals surface area contributed by atoms with E-state index in [1.165, 1.54) is 19.2 Å². The highest BCUT2D eigenvalue weighted by Gasteiger charge is 2.53. The molecule has 0 saturated heterocycles. The fourth-order valence-electron chi connectivity index (χ4n) is 4.45. The number of carbonyl (C=O) groups is 1. The van der Waals surface area contributed by atoms with E-state index in [1.54, 1.807) is 12.1 Å². The summed E-state index contributed by atoms with van der Waals surface area (Å²) in [4.78, 5) is 12.3. The highest BCUT2D eigenvalue weighted by Crippen LogP contribution is 2.55. The first-order chi connectivity index (χ1) is 10.0. The number of fused-ring (bicyclic) bond motifs is 2. The maximum absolute atomic E-state index is 13.1. The van der Waals surface area contributed by atoms with Gasteiger partial charge in [-0.15, -0.1) is 0 Å². The van der Waals surface area contributed by atoms with E-state index < -0.39 is 0 Å². The Bertz CT molecular complexity index is 527. The van der Waals surface area contributed by atoms with Crippen molar-refractivity contribution < 1.29 is 19.0 Å². The molecule has 2 fully saturated rings. The van der Waals surface area contributed by atoms with E-state index in [-0.39, 0.29) is 41.6 Å².